The van der Waals surface area contributed by atoms with Gasteiger partial charge in [0.2, 0.25) is 0 Å². The van der Waals surface area contributed by atoms with Crippen molar-refractivity contribution in [2.45, 2.75) is 52.1 Å². The van der Waals surface area contributed by atoms with E-state index in [4.69, 9.17) is 10.5 Å². The van der Waals surface area contributed by atoms with Gasteiger partial charge in [0.05, 0.1) is 5.56 Å². The maximum Gasteiger partial charge on any atom is 0.416 e. The van der Waals surface area contributed by atoms with Crippen LogP contribution in [0.4, 0.5) is 23.7 Å². The zero-order valence-electron chi connectivity index (χ0n) is 15.6. The molecule has 1 amide bonds. The summed E-state index contributed by atoms with van der Waals surface area (Å²) in [5.74, 6) is 0. The highest BCUT2D eigenvalue weighted by Crippen LogP contribution is 2.34. The molecule has 2 rings (SSSR count). The van der Waals surface area contributed by atoms with Gasteiger partial charge in [-0.05, 0) is 45.4 Å². The summed E-state index contributed by atoms with van der Waals surface area (Å²) in [5.41, 5.74) is 4.49. The number of carbonyl (C=O) groups is 1. The van der Waals surface area contributed by atoms with Gasteiger partial charge in [-0.2, -0.15) is 13.2 Å². The number of hydrogen-bond donors (Lipinski definition) is 1. The van der Waals surface area contributed by atoms with E-state index in [-0.39, 0.29) is 23.8 Å². The number of halogens is 3. The van der Waals surface area contributed by atoms with E-state index in [1.54, 1.807) is 25.7 Å². The highest BCUT2D eigenvalue weighted by Gasteiger charge is 2.35. The Morgan fingerprint density at radius 2 is 1.92 bits per heavy atom. The Balaban J connectivity index is 2.06. The van der Waals surface area contributed by atoms with Crippen LogP contribution < -0.4 is 5.73 Å². The van der Waals surface area contributed by atoms with Gasteiger partial charge >= 0.3 is 12.3 Å². The third-order valence-electron chi connectivity index (χ3n) is 4.17. The number of benzene rings is 1. The Bertz CT molecular complexity index is 656. The topological polar surface area (TPSA) is 58.8 Å². The van der Waals surface area contributed by atoms with Crippen LogP contribution in [0, 0.1) is 0 Å². The molecule has 5 nitrogen and oxygen atoms in total. The summed E-state index contributed by atoms with van der Waals surface area (Å²) < 4.78 is 45.1. The van der Waals surface area contributed by atoms with Crippen LogP contribution in [0.15, 0.2) is 18.2 Å². The average Bonchev–Trinajstić information content (AvgIpc) is 2.46. The second-order valence-corrected chi connectivity index (χ2v) is 7.67. The van der Waals surface area contributed by atoms with Gasteiger partial charge in [0.25, 0.3) is 0 Å². The molecule has 1 aromatic rings. The van der Waals surface area contributed by atoms with Crippen molar-refractivity contribution in [3.63, 3.8) is 0 Å². The minimum Gasteiger partial charge on any atom is -0.444 e. The van der Waals surface area contributed by atoms with Crippen LogP contribution >= 0.6 is 0 Å². The molecule has 2 N–H and O–H groups in total. The van der Waals surface area contributed by atoms with E-state index in [2.05, 4.69) is 0 Å². The number of nitrogen functional groups attached to an aromatic ring is 1. The van der Waals surface area contributed by atoms with E-state index in [0.29, 0.717) is 19.6 Å². The molecule has 1 saturated heterocycles. The lowest BCUT2D eigenvalue weighted by Gasteiger charge is -2.40. The molecule has 26 heavy (non-hydrogen) atoms. The van der Waals surface area contributed by atoms with Crippen LogP contribution in [0.1, 0.15) is 38.8 Å². The lowest BCUT2D eigenvalue weighted by molar-refractivity contribution is -0.138. The lowest BCUT2D eigenvalue weighted by atomic mass is 10.0. The first-order valence-electron chi connectivity index (χ1n) is 8.54. The SMILES string of the molecule is C[C@@H]1CN(Cc2ccc(N)cc2C(F)(F)F)CCN1C(=O)OC(C)(C)C. The second kappa shape index (κ2) is 7.34. The predicted molar refractivity (Wildman–Crippen MR) is 93.5 cm³/mol. The van der Waals surface area contributed by atoms with E-state index in [1.165, 1.54) is 12.1 Å². The molecular formula is C18H26F3N3O2. The first-order chi connectivity index (χ1) is 11.9. The van der Waals surface area contributed by atoms with Gasteiger partial charge < -0.3 is 15.4 Å². The third kappa shape index (κ3) is 5.27. The molecule has 0 unspecified atom stereocenters. The van der Waals surface area contributed by atoms with Gasteiger partial charge in [0, 0.05) is 37.9 Å². The molecule has 0 spiro atoms. The number of nitrogens with two attached hydrogens (primary N) is 1. The normalized spacial score (nSPS) is 19.5. The standard InChI is InChI=1S/C18H26F3N3O2/c1-12-10-23(7-8-24(12)16(25)26-17(2,3)4)11-13-5-6-14(22)9-15(13)18(19,20)21/h5-6,9,12H,7-8,10-11,22H2,1-4H3/t12-/m1/s1. The Morgan fingerprint density at radius 3 is 2.46 bits per heavy atom. The molecule has 1 heterocycles. The summed E-state index contributed by atoms with van der Waals surface area (Å²) in [4.78, 5) is 15.8. The Kier molecular flexibility index (Phi) is 5.75. The van der Waals surface area contributed by atoms with Crippen molar-refractivity contribution in [3.8, 4) is 0 Å². The minimum atomic E-state index is -4.45. The van der Waals surface area contributed by atoms with Crippen molar-refractivity contribution < 1.29 is 22.7 Å². The molecule has 0 saturated carbocycles. The maximum atomic E-state index is 13.2. The highest BCUT2D eigenvalue weighted by molar-refractivity contribution is 5.68. The molecule has 146 valence electrons. The number of hydrogen-bond acceptors (Lipinski definition) is 4. The Morgan fingerprint density at radius 1 is 1.27 bits per heavy atom. The molecule has 0 radical (unpaired) electrons. The van der Waals surface area contributed by atoms with E-state index < -0.39 is 23.4 Å². The zero-order valence-corrected chi connectivity index (χ0v) is 15.6. The fraction of sp³-hybridized carbons (Fsp3) is 0.611. The zero-order chi connectivity index (χ0) is 19.7. The number of rotatable bonds is 2. The quantitative estimate of drug-likeness (QED) is 0.803. The van der Waals surface area contributed by atoms with Crippen molar-refractivity contribution >= 4 is 11.8 Å². The molecule has 8 heteroatoms. The monoisotopic (exact) mass is 373 g/mol. The fourth-order valence-electron chi connectivity index (χ4n) is 3.01. The number of ether oxygens (including phenoxy) is 1. The number of carbonyl (C=O) groups excluding carboxylic acids is 1. The maximum absolute atomic E-state index is 13.2. The number of piperazine rings is 1. The summed E-state index contributed by atoms with van der Waals surface area (Å²) in [6.07, 6.45) is -4.84. The van der Waals surface area contributed by atoms with E-state index in [1.807, 2.05) is 11.8 Å². The second-order valence-electron chi connectivity index (χ2n) is 7.67. The predicted octanol–water partition coefficient (Wildman–Crippen LogP) is 3.73. The van der Waals surface area contributed by atoms with Gasteiger partial charge in [-0.15, -0.1) is 0 Å². The van der Waals surface area contributed by atoms with Crippen LogP contribution in [-0.4, -0.2) is 47.2 Å². The third-order valence-corrected chi connectivity index (χ3v) is 4.17. The fourth-order valence-corrected chi connectivity index (χ4v) is 3.01. The largest absolute Gasteiger partial charge is 0.444 e. The van der Waals surface area contributed by atoms with E-state index >= 15 is 0 Å². The minimum absolute atomic E-state index is 0.0872. The Labute approximate surface area is 151 Å². The molecule has 0 aliphatic carbocycles. The molecule has 1 atom stereocenters. The highest BCUT2D eigenvalue weighted by atomic mass is 19.4. The van der Waals surface area contributed by atoms with Crippen LogP contribution in [0.3, 0.4) is 0 Å². The summed E-state index contributed by atoms with van der Waals surface area (Å²) in [6, 6.07) is 3.71. The molecule has 1 aliphatic rings. The van der Waals surface area contributed by atoms with Gasteiger partial charge in [-0.3, -0.25) is 4.90 Å². The smallest absolute Gasteiger partial charge is 0.416 e. The first-order valence-corrected chi connectivity index (χ1v) is 8.54. The first kappa shape index (κ1) is 20.4. The number of nitrogens with zero attached hydrogens (tertiary/aromatic N) is 2. The summed E-state index contributed by atoms with van der Waals surface area (Å²) in [7, 11) is 0. The summed E-state index contributed by atoms with van der Waals surface area (Å²) in [5, 5.41) is 0. The number of alkyl halides is 3. The molecule has 0 bridgehead atoms. The summed E-state index contributed by atoms with van der Waals surface area (Å²) in [6.45, 7) is 8.77. The van der Waals surface area contributed by atoms with Crippen molar-refractivity contribution in [2.24, 2.45) is 0 Å². The van der Waals surface area contributed by atoms with Crippen LogP contribution in [0.2, 0.25) is 0 Å². The van der Waals surface area contributed by atoms with Gasteiger partial charge in [0.1, 0.15) is 5.60 Å². The van der Waals surface area contributed by atoms with Crippen molar-refractivity contribution in [3.05, 3.63) is 29.3 Å². The van der Waals surface area contributed by atoms with E-state index in [9.17, 15) is 18.0 Å². The van der Waals surface area contributed by atoms with Gasteiger partial charge in [-0.1, -0.05) is 6.07 Å². The van der Waals surface area contributed by atoms with Crippen molar-refractivity contribution in [1.82, 2.24) is 9.80 Å². The molecule has 1 aliphatic heterocycles. The van der Waals surface area contributed by atoms with Crippen LogP contribution in [-0.2, 0) is 17.5 Å². The molecule has 1 aromatic carbocycles. The molecular weight excluding hydrogens is 347 g/mol. The molecule has 1 fully saturated rings. The average molecular weight is 373 g/mol. The van der Waals surface area contributed by atoms with Crippen LogP contribution in [0.5, 0.6) is 0 Å². The Hall–Kier alpha value is -1.96. The molecule has 0 aromatic heterocycles. The van der Waals surface area contributed by atoms with Crippen molar-refractivity contribution in [2.75, 3.05) is 25.4 Å². The number of amides is 1. The van der Waals surface area contributed by atoms with Crippen LogP contribution in [0.25, 0.3) is 0 Å². The summed E-state index contributed by atoms with van der Waals surface area (Å²) >= 11 is 0. The van der Waals surface area contributed by atoms with Gasteiger partial charge in [0.15, 0.2) is 0 Å². The van der Waals surface area contributed by atoms with Gasteiger partial charge in [-0.25, -0.2) is 4.79 Å². The van der Waals surface area contributed by atoms with Crippen molar-refractivity contribution in [1.29, 1.82) is 0 Å². The lowest BCUT2D eigenvalue weighted by Crippen LogP contribution is -2.54. The van der Waals surface area contributed by atoms with E-state index in [0.717, 1.165) is 6.07 Å². The number of anilines is 1.